The van der Waals surface area contributed by atoms with E-state index in [1.165, 1.54) is 0 Å². The third-order valence-corrected chi connectivity index (χ3v) is 3.33. The van der Waals surface area contributed by atoms with Crippen LogP contribution in [0.4, 0.5) is 5.69 Å². The molecular weight excluding hydrogens is 280 g/mol. The maximum absolute atomic E-state index is 11.7. The molecular formula is C12H18N4O3S. The van der Waals surface area contributed by atoms with Crippen LogP contribution < -0.4 is 15.8 Å². The first-order valence-corrected chi connectivity index (χ1v) is 7.70. The van der Waals surface area contributed by atoms with E-state index >= 15 is 0 Å². The van der Waals surface area contributed by atoms with Gasteiger partial charge in [-0.1, -0.05) is 6.07 Å². The molecule has 0 aromatic heterocycles. The van der Waals surface area contributed by atoms with Crippen molar-refractivity contribution in [3.05, 3.63) is 28.8 Å². The van der Waals surface area contributed by atoms with E-state index in [4.69, 9.17) is 11.1 Å². The van der Waals surface area contributed by atoms with E-state index < -0.39 is 21.9 Å². The number of carbonyl (C=O) groups excluding carboxylic acids is 1. The van der Waals surface area contributed by atoms with Gasteiger partial charge >= 0.3 is 0 Å². The molecule has 1 amide bonds. The molecule has 0 saturated carbocycles. The van der Waals surface area contributed by atoms with Gasteiger partial charge in [-0.05, 0) is 36.6 Å². The Kier molecular flexibility index (Phi) is 4.72. The number of nitrogens with one attached hydrogen (secondary N) is 3. The van der Waals surface area contributed by atoms with Crippen LogP contribution in [0, 0.1) is 19.3 Å². The number of hydrogen-bond donors (Lipinski definition) is 4. The molecule has 0 atom stereocenters. The van der Waals surface area contributed by atoms with Crippen molar-refractivity contribution in [1.82, 2.24) is 5.32 Å². The van der Waals surface area contributed by atoms with Gasteiger partial charge in [0, 0.05) is 0 Å². The highest BCUT2D eigenvalue weighted by Gasteiger charge is 2.14. The smallest absolute Gasteiger partial charge is 0.231 e. The number of benzene rings is 1. The third kappa shape index (κ3) is 4.54. The SMILES string of the molecule is Cc1ccc(NS(C)(=O)=O)c(C)c1CC(=O)NC(=N)N. The molecule has 0 heterocycles. The zero-order chi connectivity index (χ0) is 15.5. The molecule has 5 N–H and O–H groups in total. The summed E-state index contributed by atoms with van der Waals surface area (Å²) in [5.74, 6) is -0.837. The summed E-state index contributed by atoms with van der Waals surface area (Å²) in [5.41, 5.74) is 7.77. The van der Waals surface area contributed by atoms with Gasteiger partial charge in [-0.15, -0.1) is 0 Å². The zero-order valence-corrected chi connectivity index (χ0v) is 12.4. The molecule has 0 spiro atoms. The monoisotopic (exact) mass is 298 g/mol. The van der Waals surface area contributed by atoms with Crippen molar-refractivity contribution in [2.75, 3.05) is 11.0 Å². The lowest BCUT2D eigenvalue weighted by atomic mass is 9.98. The van der Waals surface area contributed by atoms with Crippen LogP contribution in [0.2, 0.25) is 0 Å². The van der Waals surface area contributed by atoms with Crippen molar-refractivity contribution in [2.45, 2.75) is 20.3 Å². The highest BCUT2D eigenvalue weighted by atomic mass is 32.2. The van der Waals surface area contributed by atoms with Gasteiger partial charge in [0.25, 0.3) is 0 Å². The zero-order valence-electron chi connectivity index (χ0n) is 11.6. The lowest BCUT2D eigenvalue weighted by molar-refractivity contribution is -0.119. The van der Waals surface area contributed by atoms with Crippen molar-refractivity contribution in [1.29, 1.82) is 5.41 Å². The predicted molar refractivity (Wildman–Crippen MR) is 78.1 cm³/mol. The molecule has 0 bridgehead atoms. The van der Waals surface area contributed by atoms with Gasteiger partial charge < -0.3 is 5.73 Å². The minimum Gasteiger partial charge on any atom is -0.370 e. The van der Waals surface area contributed by atoms with Gasteiger partial charge in [-0.25, -0.2) is 8.42 Å². The average molecular weight is 298 g/mol. The summed E-state index contributed by atoms with van der Waals surface area (Å²) in [4.78, 5) is 11.7. The van der Waals surface area contributed by atoms with Crippen LogP contribution in [-0.2, 0) is 21.2 Å². The number of carbonyl (C=O) groups is 1. The quantitative estimate of drug-likeness (QED) is 0.469. The van der Waals surface area contributed by atoms with Gasteiger partial charge in [0.2, 0.25) is 15.9 Å². The molecule has 0 radical (unpaired) electrons. The van der Waals surface area contributed by atoms with E-state index in [1.54, 1.807) is 19.1 Å². The third-order valence-electron chi connectivity index (χ3n) is 2.74. The van der Waals surface area contributed by atoms with Crippen molar-refractivity contribution in [3.63, 3.8) is 0 Å². The molecule has 1 aromatic carbocycles. The fraction of sp³-hybridized carbons (Fsp3) is 0.333. The topological polar surface area (TPSA) is 125 Å². The second kappa shape index (κ2) is 5.91. The number of guanidine groups is 1. The minimum atomic E-state index is -3.38. The number of anilines is 1. The standard InChI is InChI=1S/C12H18N4O3S/c1-7-4-5-10(16-20(3,18)19)8(2)9(7)6-11(17)15-12(13)14/h4-5,16H,6H2,1-3H3,(H4,13,14,15,17). The molecule has 0 aliphatic rings. The summed E-state index contributed by atoms with van der Waals surface area (Å²) >= 11 is 0. The molecule has 0 unspecified atom stereocenters. The average Bonchev–Trinajstić information content (AvgIpc) is 2.26. The Balaban J connectivity index is 3.10. The minimum absolute atomic E-state index is 0.0243. The van der Waals surface area contributed by atoms with Crippen LogP contribution in [0.15, 0.2) is 12.1 Å². The van der Waals surface area contributed by atoms with Gasteiger partial charge in [0.1, 0.15) is 0 Å². The highest BCUT2D eigenvalue weighted by Crippen LogP contribution is 2.23. The summed E-state index contributed by atoms with van der Waals surface area (Å²) < 4.78 is 25.0. The summed E-state index contributed by atoms with van der Waals surface area (Å²) in [6, 6.07) is 3.38. The van der Waals surface area contributed by atoms with Crippen LogP contribution in [0.1, 0.15) is 16.7 Å². The molecule has 8 heteroatoms. The van der Waals surface area contributed by atoms with Gasteiger partial charge in [0.05, 0.1) is 18.4 Å². The lowest BCUT2D eigenvalue weighted by Gasteiger charge is -2.14. The van der Waals surface area contributed by atoms with Crippen LogP contribution in [0.5, 0.6) is 0 Å². The van der Waals surface area contributed by atoms with Crippen LogP contribution in [0.3, 0.4) is 0 Å². The first kappa shape index (κ1) is 16.0. The second-order valence-corrected chi connectivity index (χ2v) is 6.29. The van der Waals surface area contributed by atoms with E-state index in [9.17, 15) is 13.2 Å². The Hall–Kier alpha value is -2.09. The first-order chi connectivity index (χ1) is 9.10. The number of amides is 1. The molecule has 0 saturated heterocycles. The Morgan fingerprint density at radius 1 is 1.35 bits per heavy atom. The van der Waals surface area contributed by atoms with Crippen molar-refractivity contribution >= 4 is 27.6 Å². The number of hydrogen-bond acceptors (Lipinski definition) is 4. The van der Waals surface area contributed by atoms with E-state index in [-0.39, 0.29) is 6.42 Å². The summed E-state index contributed by atoms with van der Waals surface area (Å²) in [6.07, 6.45) is 1.09. The second-order valence-electron chi connectivity index (χ2n) is 4.55. The number of aryl methyl sites for hydroxylation is 1. The summed E-state index contributed by atoms with van der Waals surface area (Å²) in [6.45, 7) is 3.56. The molecule has 1 rings (SSSR count). The van der Waals surface area contributed by atoms with Crippen LogP contribution in [-0.4, -0.2) is 26.5 Å². The Bertz CT molecular complexity index is 653. The lowest BCUT2D eigenvalue weighted by Crippen LogP contribution is -2.36. The van der Waals surface area contributed by atoms with E-state index in [2.05, 4.69) is 10.0 Å². The number of rotatable bonds is 4. The van der Waals surface area contributed by atoms with Gasteiger partial charge in [0.15, 0.2) is 5.96 Å². The molecule has 7 nitrogen and oxygen atoms in total. The van der Waals surface area contributed by atoms with Gasteiger partial charge in [-0.2, -0.15) is 0 Å². The fourth-order valence-corrected chi connectivity index (χ4v) is 2.45. The number of nitrogens with two attached hydrogens (primary N) is 1. The predicted octanol–water partition coefficient (Wildman–Crippen LogP) is 0.227. The van der Waals surface area contributed by atoms with Gasteiger partial charge in [-0.3, -0.25) is 20.2 Å². The maximum atomic E-state index is 11.7. The molecule has 110 valence electrons. The van der Waals surface area contributed by atoms with E-state index in [0.29, 0.717) is 16.8 Å². The first-order valence-electron chi connectivity index (χ1n) is 5.81. The molecule has 0 aliphatic carbocycles. The van der Waals surface area contributed by atoms with Crippen molar-refractivity contribution in [3.8, 4) is 0 Å². The van der Waals surface area contributed by atoms with Crippen molar-refractivity contribution < 1.29 is 13.2 Å². The normalized spacial score (nSPS) is 10.9. The Morgan fingerprint density at radius 2 is 1.95 bits per heavy atom. The van der Waals surface area contributed by atoms with Crippen LogP contribution in [0.25, 0.3) is 0 Å². The van der Waals surface area contributed by atoms with E-state index in [1.807, 2.05) is 6.92 Å². The summed E-state index contributed by atoms with van der Waals surface area (Å²) in [7, 11) is -3.38. The maximum Gasteiger partial charge on any atom is 0.231 e. The summed E-state index contributed by atoms with van der Waals surface area (Å²) in [5, 5.41) is 9.21. The van der Waals surface area contributed by atoms with E-state index in [0.717, 1.165) is 11.8 Å². The molecule has 0 fully saturated rings. The largest absolute Gasteiger partial charge is 0.370 e. The van der Waals surface area contributed by atoms with Crippen LogP contribution >= 0.6 is 0 Å². The molecule has 20 heavy (non-hydrogen) atoms. The number of sulfonamides is 1. The highest BCUT2D eigenvalue weighted by molar-refractivity contribution is 7.92. The van der Waals surface area contributed by atoms with Crippen molar-refractivity contribution in [2.24, 2.45) is 5.73 Å². The Morgan fingerprint density at radius 3 is 2.45 bits per heavy atom. The fourth-order valence-electron chi connectivity index (χ4n) is 1.83. The molecule has 1 aromatic rings. The Labute approximate surface area is 118 Å². The molecule has 0 aliphatic heterocycles.